The molecule has 1 aliphatic rings. The van der Waals surface area contributed by atoms with Gasteiger partial charge in [0, 0.05) is 10.9 Å². The van der Waals surface area contributed by atoms with Gasteiger partial charge in [0.05, 0.1) is 5.69 Å². The molecule has 0 unspecified atom stereocenters. The molecule has 2 N–H and O–H groups in total. The third-order valence-electron chi connectivity index (χ3n) is 3.52. The van der Waals surface area contributed by atoms with Gasteiger partial charge in [-0.05, 0) is 50.3 Å². The maximum atomic E-state index is 6.09. The van der Waals surface area contributed by atoms with Crippen molar-refractivity contribution in [3.63, 3.8) is 0 Å². The van der Waals surface area contributed by atoms with Gasteiger partial charge >= 0.3 is 0 Å². The van der Waals surface area contributed by atoms with Crippen molar-refractivity contribution in [2.24, 2.45) is 5.73 Å². The van der Waals surface area contributed by atoms with E-state index in [0.29, 0.717) is 0 Å². The standard InChI is InChI=1S/C13H16N2O/c1-9-11-8-10(2-3-12(11)16-15-9)4-5-13(14)6-7-13/h2-3,8H,4-7,14H2,1H3. The van der Waals surface area contributed by atoms with Crippen LogP contribution in [0.5, 0.6) is 0 Å². The van der Waals surface area contributed by atoms with Gasteiger partial charge in [0.25, 0.3) is 0 Å². The highest BCUT2D eigenvalue weighted by Crippen LogP contribution is 2.36. The van der Waals surface area contributed by atoms with Crippen molar-refractivity contribution in [2.45, 2.75) is 38.1 Å². The lowest BCUT2D eigenvalue weighted by Crippen LogP contribution is -2.22. The van der Waals surface area contributed by atoms with Crippen LogP contribution in [0.25, 0.3) is 11.0 Å². The summed E-state index contributed by atoms with van der Waals surface area (Å²) in [6, 6.07) is 6.28. The van der Waals surface area contributed by atoms with E-state index in [1.54, 1.807) is 0 Å². The first kappa shape index (κ1) is 9.85. The summed E-state index contributed by atoms with van der Waals surface area (Å²) >= 11 is 0. The van der Waals surface area contributed by atoms with E-state index in [-0.39, 0.29) is 5.54 Å². The Morgan fingerprint density at radius 3 is 3.00 bits per heavy atom. The van der Waals surface area contributed by atoms with Gasteiger partial charge < -0.3 is 10.3 Å². The van der Waals surface area contributed by atoms with Gasteiger partial charge in [0.2, 0.25) is 0 Å². The number of fused-ring (bicyclic) bond motifs is 1. The van der Waals surface area contributed by atoms with Gasteiger partial charge in [-0.3, -0.25) is 0 Å². The highest BCUT2D eigenvalue weighted by atomic mass is 16.5. The fourth-order valence-electron chi connectivity index (χ4n) is 2.07. The van der Waals surface area contributed by atoms with Crippen molar-refractivity contribution in [3.05, 3.63) is 29.5 Å². The lowest BCUT2D eigenvalue weighted by atomic mass is 10.0. The third-order valence-corrected chi connectivity index (χ3v) is 3.52. The number of rotatable bonds is 3. The van der Waals surface area contributed by atoms with Crippen LogP contribution < -0.4 is 5.73 Å². The summed E-state index contributed by atoms with van der Waals surface area (Å²) in [5.41, 5.74) is 9.39. The highest BCUT2D eigenvalue weighted by molar-refractivity contribution is 5.79. The van der Waals surface area contributed by atoms with E-state index in [9.17, 15) is 0 Å². The molecule has 1 saturated carbocycles. The Balaban J connectivity index is 1.83. The Morgan fingerprint density at radius 1 is 1.44 bits per heavy atom. The zero-order chi connectivity index (χ0) is 11.2. The summed E-state index contributed by atoms with van der Waals surface area (Å²) in [5, 5.41) is 5.08. The van der Waals surface area contributed by atoms with Gasteiger partial charge in [0.1, 0.15) is 0 Å². The molecule has 0 spiro atoms. The fourth-order valence-corrected chi connectivity index (χ4v) is 2.07. The molecular formula is C13H16N2O. The van der Waals surface area contributed by atoms with Crippen molar-refractivity contribution in [3.8, 4) is 0 Å². The second-order valence-corrected chi connectivity index (χ2v) is 4.96. The molecule has 0 aliphatic heterocycles. The van der Waals surface area contributed by atoms with E-state index in [4.69, 9.17) is 10.3 Å². The number of hydrogen-bond donors (Lipinski definition) is 1. The molecule has 0 amide bonds. The number of benzene rings is 1. The van der Waals surface area contributed by atoms with Crippen molar-refractivity contribution in [1.29, 1.82) is 0 Å². The largest absolute Gasteiger partial charge is 0.356 e. The lowest BCUT2D eigenvalue weighted by molar-refractivity contribution is 0.450. The SMILES string of the molecule is Cc1noc2ccc(CCC3(N)CC3)cc12. The number of aromatic nitrogens is 1. The number of nitrogens with zero attached hydrogens (tertiary/aromatic N) is 1. The summed E-state index contributed by atoms with van der Waals surface area (Å²) < 4.78 is 5.19. The Labute approximate surface area is 94.6 Å². The van der Waals surface area contributed by atoms with E-state index in [1.165, 1.54) is 18.4 Å². The van der Waals surface area contributed by atoms with Gasteiger partial charge in [0.15, 0.2) is 5.58 Å². The first-order valence-electron chi connectivity index (χ1n) is 5.80. The Kier molecular flexibility index (Phi) is 2.04. The third kappa shape index (κ3) is 1.71. The highest BCUT2D eigenvalue weighted by Gasteiger charge is 2.37. The molecule has 1 heterocycles. The van der Waals surface area contributed by atoms with Gasteiger partial charge in [-0.1, -0.05) is 11.2 Å². The van der Waals surface area contributed by atoms with Gasteiger partial charge in [-0.15, -0.1) is 0 Å². The molecule has 3 rings (SSSR count). The molecule has 84 valence electrons. The predicted octanol–water partition coefficient (Wildman–Crippen LogP) is 2.56. The summed E-state index contributed by atoms with van der Waals surface area (Å²) in [7, 11) is 0. The van der Waals surface area contributed by atoms with Crippen LogP contribution in [0.4, 0.5) is 0 Å². The van der Waals surface area contributed by atoms with Gasteiger partial charge in [-0.25, -0.2) is 0 Å². The minimum Gasteiger partial charge on any atom is -0.356 e. The lowest BCUT2D eigenvalue weighted by Gasteiger charge is -2.07. The first-order valence-corrected chi connectivity index (χ1v) is 5.80. The van der Waals surface area contributed by atoms with E-state index in [0.717, 1.165) is 29.5 Å². The molecule has 0 atom stereocenters. The van der Waals surface area contributed by atoms with Crippen LogP contribution in [0, 0.1) is 6.92 Å². The maximum absolute atomic E-state index is 6.09. The van der Waals surface area contributed by atoms with Crippen LogP contribution in [-0.4, -0.2) is 10.7 Å². The maximum Gasteiger partial charge on any atom is 0.167 e. The molecule has 0 radical (unpaired) electrons. The molecule has 3 heteroatoms. The van der Waals surface area contributed by atoms with Crippen LogP contribution in [0.1, 0.15) is 30.5 Å². The first-order chi connectivity index (χ1) is 7.66. The minimum absolute atomic E-state index is 0.138. The van der Waals surface area contributed by atoms with E-state index in [1.807, 2.05) is 13.0 Å². The van der Waals surface area contributed by atoms with Crippen molar-refractivity contribution in [2.75, 3.05) is 0 Å². The quantitative estimate of drug-likeness (QED) is 0.857. The molecular weight excluding hydrogens is 200 g/mol. The van der Waals surface area contributed by atoms with Crippen molar-refractivity contribution < 1.29 is 4.52 Å². The Morgan fingerprint density at radius 2 is 2.25 bits per heavy atom. The summed E-state index contributed by atoms with van der Waals surface area (Å²) in [6.07, 6.45) is 4.50. The molecule has 16 heavy (non-hydrogen) atoms. The molecule has 1 aromatic carbocycles. The van der Waals surface area contributed by atoms with Crippen LogP contribution in [0.3, 0.4) is 0 Å². The van der Waals surface area contributed by atoms with E-state index in [2.05, 4.69) is 17.3 Å². The van der Waals surface area contributed by atoms with Gasteiger partial charge in [-0.2, -0.15) is 0 Å². The predicted molar refractivity (Wildman–Crippen MR) is 63.2 cm³/mol. The zero-order valence-corrected chi connectivity index (χ0v) is 9.49. The number of hydrogen-bond acceptors (Lipinski definition) is 3. The molecule has 1 fully saturated rings. The molecule has 1 aromatic heterocycles. The molecule has 0 bridgehead atoms. The van der Waals surface area contributed by atoms with Crippen molar-refractivity contribution in [1.82, 2.24) is 5.16 Å². The van der Waals surface area contributed by atoms with Crippen LogP contribution in [-0.2, 0) is 6.42 Å². The van der Waals surface area contributed by atoms with Crippen molar-refractivity contribution >= 4 is 11.0 Å². The second-order valence-electron chi connectivity index (χ2n) is 4.96. The molecule has 0 saturated heterocycles. The minimum atomic E-state index is 0.138. The molecule has 3 nitrogen and oxygen atoms in total. The number of nitrogens with two attached hydrogens (primary N) is 1. The summed E-state index contributed by atoms with van der Waals surface area (Å²) in [4.78, 5) is 0. The fraction of sp³-hybridized carbons (Fsp3) is 0.462. The smallest absolute Gasteiger partial charge is 0.167 e. The topological polar surface area (TPSA) is 52.0 Å². The number of aryl methyl sites for hydroxylation is 2. The summed E-state index contributed by atoms with van der Waals surface area (Å²) in [5.74, 6) is 0. The van der Waals surface area contributed by atoms with E-state index < -0.39 is 0 Å². The summed E-state index contributed by atoms with van der Waals surface area (Å²) in [6.45, 7) is 1.97. The normalized spacial score (nSPS) is 17.9. The Hall–Kier alpha value is -1.35. The van der Waals surface area contributed by atoms with Crippen LogP contribution in [0.15, 0.2) is 22.7 Å². The van der Waals surface area contributed by atoms with E-state index >= 15 is 0 Å². The monoisotopic (exact) mass is 216 g/mol. The molecule has 2 aromatic rings. The molecule has 1 aliphatic carbocycles. The average Bonchev–Trinajstić information content (AvgIpc) is 2.92. The Bertz CT molecular complexity index is 526. The van der Waals surface area contributed by atoms with Crippen LogP contribution >= 0.6 is 0 Å². The second kappa shape index (κ2) is 3.32. The zero-order valence-electron chi connectivity index (χ0n) is 9.49. The van der Waals surface area contributed by atoms with Crippen LogP contribution in [0.2, 0.25) is 0 Å². The average molecular weight is 216 g/mol.